The Morgan fingerprint density at radius 2 is 2.18 bits per heavy atom. The van der Waals surface area contributed by atoms with Gasteiger partial charge >= 0.3 is 0 Å². The first-order valence-electron chi connectivity index (χ1n) is 6.77. The Kier molecular flexibility index (Phi) is 4.16. The van der Waals surface area contributed by atoms with Crippen molar-refractivity contribution < 1.29 is 5.11 Å². The number of aliphatic hydroxyl groups is 1. The van der Waals surface area contributed by atoms with E-state index in [1.54, 1.807) is 0 Å². The van der Waals surface area contributed by atoms with Crippen LogP contribution in [0.3, 0.4) is 0 Å². The lowest BCUT2D eigenvalue weighted by molar-refractivity contribution is 0.0474. The standard InChI is InChI=1S/C15H23NO/c1-3-12-4-5-15(17)14(7-12)8-13-6-11(2)9-16-10-13/h6,9-10,12,14-15,17H,3-5,7-8H2,1-2H3. The number of aromatic nitrogens is 1. The zero-order valence-electron chi connectivity index (χ0n) is 10.9. The molecule has 1 aromatic heterocycles. The molecule has 2 heteroatoms. The Morgan fingerprint density at radius 3 is 2.88 bits per heavy atom. The molecule has 1 aliphatic carbocycles. The Balaban J connectivity index is 2.01. The van der Waals surface area contributed by atoms with Gasteiger partial charge in [0.15, 0.2) is 0 Å². The third-order valence-corrected chi connectivity index (χ3v) is 4.06. The minimum Gasteiger partial charge on any atom is -0.393 e. The Hall–Kier alpha value is -0.890. The summed E-state index contributed by atoms with van der Waals surface area (Å²) in [6.07, 6.45) is 9.28. The fourth-order valence-corrected chi connectivity index (χ4v) is 2.97. The smallest absolute Gasteiger partial charge is 0.0571 e. The Labute approximate surface area is 104 Å². The van der Waals surface area contributed by atoms with E-state index in [1.165, 1.54) is 30.4 Å². The minimum atomic E-state index is -0.113. The molecule has 2 nitrogen and oxygen atoms in total. The second kappa shape index (κ2) is 5.63. The van der Waals surface area contributed by atoms with Gasteiger partial charge in [0.2, 0.25) is 0 Å². The molecule has 3 atom stereocenters. The van der Waals surface area contributed by atoms with Crippen LogP contribution in [-0.2, 0) is 6.42 Å². The highest BCUT2D eigenvalue weighted by molar-refractivity contribution is 5.17. The normalized spacial score (nSPS) is 29.2. The molecule has 0 saturated heterocycles. The molecule has 1 saturated carbocycles. The average molecular weight is 233 g/mol. The van der Waals surface area contributed by atoms with Crippen molar-refractivity contribution in [3.8, 4) is 0 Å². The van der Waals surface area contributed by atoms with Crippen molar-refractivity contribution >= 4 is 0 Å². The lowest BCUT2D eigenvalue weighted by Crippen LogP contribution is -2.30. The number of aryl methyl sites for hydroxylation is 1. The number of hydrogen-bond donors (Lipinski definition) is 1. The molecule has 0 amide bonds. The summed E-state index contributed by atoms with van der Waals surface area (Å²) in [5.41, 5.74) is 2.48. The summed E-state index contributed by atoms with van der Waals surface area (Å²) in [6.45, 7) is 4.33. The third-order valence-electron chi connectivity index (χ3n) is 4.06. The van der Waals surface area contributed by atoms with E-state index < -0.39 is 0 Å². The summed E-state index contributed by atoms with van der Waals surface area (Å²) in [4.78, 5) is 4.23. The lowest BCUT2D eigenvalue weighted by atomic mass is 9.76. The molecule has 1 aromatic rings. The van der Waals surface area contributed by atoms with Gasteiger partial charge in [-0.15, -0.1) is 0 Å². The first-order valence-corrected chi connectivity index (χ1v) is 6.77. The van der Waals surface area contributed by atoms with Crippen LogP contribution in [0.25, 0.3) is 0 Å². The highest BCUT2D eigenvalue weighted by Gasteiger charge is 2.28. The fraction of sp³-hybridized carbons (Fsp3) is 0.667. The van der Waals surface area contributed by atoms with Gasteiger partial charge in [-0.2, -0.15) is 0 Å². The molecule has 1 fully saturated rings. The van der Waals surface area contributed by atoms with E-state index in [4.69, 9.17) is 0 Å². The van der Waals surface area contributed by atoms with E-state index in [1.807, 2.05) is 12.4 Å². The topological polar surface area (TPSA) is 33.1 Å². The van der Waals surface area contributed by atoms with Crippen molar-refractivity contribution in [2.24, 2.45) is 11.8 Å². The summed E-state index contributed by atoms with van der Waals surface area (Å²) in [6, 6.07) is 2.19. The maximum atomic E-state index is 10.1. The van der Waals surface area contributed by atoms with Crippen LogP contribution >= 0.6 is 0 Å². The van der Waals surface area contributed by atoms with Crippen molar-refractivity contribution in [2.45, 2.75) is 52.1 Å². The van der Waals surface area contributed by atoms with Crippen LogP contribution in [0.5, 0.6) is 0 Å². The van der Waals surface area contributed by atoms with Crippen LogP contribution in [0.15, 0.2) is 18.5 Å². The highest BCUT2D eigenvalue weighted by atomic mass is 16.3. The van der Waals surface area contributed by atoms with Gasteiger partial charge in [-0.05, 0) is 55.6 Å². The molecule has 2 rings (SSSR count). The van der Waals surface area contributed by atoms with Gasteiger partial charge < -0.3 is 5.11 Å². The SMILES string of the molecule is CCC1CCC(O)C(Cc2cncc(C)c2)C1. The van der Waals surface area contributed by atoms with E-state index in [9.17, 15) is 5.11 Å². The predicted octanol–water partition coefficient (Wildman–Crippen LogP) is 3.12. The zero-order chi connectivity index (χ0) is 12.3. The summed E-state index contributed by atoms with van der Waals surface area (Å²) in [5.74, 6) is 1.23. The Bertz CT molecular complexity index is 364. The van der Waals surface area contributed by atoms with E-state index in [0.717, 1.165) is 18.8 Å². The van der Waals surface area contributed by atoms with Crippen molar-refractivity contribution in [1.82, 2.24) is 4.98 Å². The van der Waals surface area contributed by atoms with E-state index in [-0.39, 0.29) is 6.10 Å². The lowest BCUT2D eigenvalue weighted by Gasteiger charge is -2.33. The Morgan fingerprint density at radius 1 is 1.35 bits per heavy atom. The summed E-state index contributed by atoms with van der Waals surface area (Å²) >= 11 is 0. The molecular weight excluding hydrogens is 210 g/mol. The second-order valence-electron chi connectivity index (χ2n) is 5.49. The molecule has 17 heavy (non-hydrogen) atoms. The third kappa shape index (κ3) is 3.29. The van der Waals surface area contributed by atoms with Gasteiger partial charge in [-0.3, -0.25) is 4.98 Å². The van der Waals surface area contributed by atoms with Gasteiger partial charge in [-0.25, -0.2) is 0 Å². The predicted molar refractivity (Wildman–Crippen MR) is 69.8 cm³/mol. The maximum absolute atomic E-state index is 10.1. The van der Waals surface area contributed by atoms with Crippen LogP contribution in [0.1, 0.15) is 43.7 Å². The fourth-order valence-electron chi connectivity index (χ4n) is 2.97. The monoisotopic (exact) mass is 233 g/mol. The van der Waals surface area contributed by atoms with Crippen LogP contribution in [0, 0.1) is 18.8 Å². The molecule has 1 N–H and O–H groups in total. The van der Waals surface area contributed by atoms with Crippen LogP contribution in [0.2, 0.25) is 0 Å². The maximum Gasteiger partial charge on any atom is 0.0571 e. The number of hydrogen-bond acceptors (Lipinski definition) is 2. The van der Waals surface area contributed by atoms with Crippen molar-refractivity contribution in [1.29, 1.82) is 0 Å². The molecule has 0 bridgehead atoms. The first kappa shape index (κ1) is 12.6. The highest BCUT2D eigenvalue weighted by Crippen LogP contribution is 2.33. The quantitative estimate of drug-likeness (QED) is 0.870. The van der Waals surface area contributed by atoms with Crippen LogP contribution < -0.4 is 0 Å². The number of rotatable bonds is 3. The van der Waals surface area contributed by atoms with Crippen molar-refractivity contribution in [3.05, 3.63) is 29.6 Å². The number of nitrogens with zero attached hydrogens (tertiary/aromatic N) is 1. The van der Waals surface area contributed by atoms with Gasteiger partial charge in [0, 0.05) is 12.4 Å². The van der Waals surface area contributed by atoms with Crippen molar-refractivity contribution in [3.63, 3.8) is 0 Å². The molecule has 1 heterocycles. The summed E-state index contributed by atoms with van der Waals surface area (Å²) in [5, 5.41) is 10.1. The van der Waals surface area contributed by atoms with E-state index in [2.05, 4.69) is 24.9 Å². The molecule has 0 aromatic carbocycles. The number of pyridine rings is 1. The second-order valence-corrected chi connectivity index (χ2v) is 5.49. The molecule has 0 radical (unpaired) electrons. The molecule has 3 unspecified atom stereocenters. The first-order chi connectivity index (χ1) is 8.19. The molecule has 0 spiro atoms. The van der Waals surface area contributed by atoms with Crippen LogP contribution in [-0.4, -0.2) is 16.2 Å². The van der Waals surface area contributed by atoms with Gasteiger partial charge in [-0.1, -0.05) is 19.4 Å². The zero-order valence-corrected chi connectivity index (χ0v) is 10.9. The minimum absolute atomic E-state index is 0.113. The van der Waals surface area contributed by atoms with E-state index >= 15 is 0 Å². The number of aliphatic hydroxyl groups excluding tert-OH is 1. The molecule has 1 aliphatic rings. The van der Waals surface area contributed by atoms with Crippen LogP contribution in [0.4, 0.5) is 0 Å². The summed E-state index contributed by atoms with van der Waals surface area (Å²) in [7, 11) is 0. The molecule has 94 valence electrons. The van der Waals surface area contributed by atoms with Crippen molar-refractivity contribution in [2.75, 3.05) is 0 Å². The van der Waals surface area contributed by atoms with Gasteiger partial charge in [0.25, 0.3) is 0 Å². The summed E-state index contributed by atoms with van der Waals surface area (Å²) < 4.78 is 0. The largest absolute Gasteiger partial charge is 0.393 e. The average Bonchev–Trinajstić information content (AvgIpc) is 2.32. The molecule has 0 aliphatic heterocycles. The molecular formula is C15H23NO. The van der Waals surface area contributed by atoms with Gasteiger partial charge in [0.1, 0.15) is 0 Å². The van der Waals surface area contributed by atoms with E-state index in [0.29, 0.717) is 5.92 Å². The van der Waals surface area contributed by atoms with Gasteiger partial charge in [0.05, 0.1) is 6.10 Å².